The molecule has 0 fully saturated rings. The minimum atomic E-state index is 0.249. The zero-order valence-corrected chi connectivity index (χ0v) is 20.9. The van der Waals surface area contributed by atoms with Crippen LogP contribution in [0.3, 0.4) is 0 Å². The van der Waals surface area contributed by atoms with E-state index in [0.717, 1.165) is 64.8 Å². The fourth-order valence-corrected chi connectivity index (χ4v) is 4.97. The Bertz CT molecular complexity index is 1340. The third-order valence-corrected chi connectivity index (χ3v) is 6.93. The summed E-state index contributed by atoms with van der Waals surface area (Å²) in [4.78, 5) is 2.49. The Labute approximate surface area is 206 Å². The van der Waals surface area contributed by atoms with E-state index >= 15 is 0 Å². The van der Waals surface area contributed by atoms with Gasteiger partial charge >= 0.3 is 0 Å². The first kappa shape index (κ1) is 23.1. The fraction of sp³-hybridized carbons (Fsp3) is 0.310. The van der Waals surface area contributed by atoms with Crippen molar-refractivity contribution in [3.63, 3.8) is 0 Å². The van der Waals surface area contributed by atoms with Gasteiger partial charge in [-0.1, -0.05) is 0 Å². The molecule has 3 aromatic carbocycles. The quantitative estimate of drug-likeness (QED) is 0.316. The van der Waals surface area contributed by atoms with E-state index in [0.29, 0.717) is 0 Å². The van der Waals surface area contributed by atoms with Crippen molar-refractivity contribution in [1.82, 2.24) is 4.90 Å². The molecule has 0 radical (unpaired) electrons. The molecule has 5 rings (SSSR count). The highest BCUT2D eigenvalue weighted by Gasteiger charge is 2.26. The van der Waals surface area contributed by atoms with Crippen molar-refractivity contribution in [3.05, 3.63) is 71.3 Å². The van der Waals surface area contributed by atoms with Crippen LogP contribution < -0.4 is 18.9 Å². The van der Waals surface area contributed by atoms with Gasteiger partial charge in [-0.25, -0.2) is 0 Å². The SMILES string of the molecule is COc1ccc(-c2cc3cc(CN4CCc5cc(OC)c(OC)cc5C4C)cc(OC)c3o2)cc1. The molecule has 4 aromatic rings. The fourth-order valence-electron chi connectivity index (χ4n) is 4.97. The number of nitrogens with zero attached hydrogens (tertiary/aromatic N) is 1. The highest BCUT2D eigenvalue weighted by atomic mass is 16.5. The van der Waals surface area contributed by atoms with Crippen LogP contribution in [0.2, 0.25) is 0 Å². The standard InChI is InChI=1S/C29H31NO5/c1-18-24-16-27(33-4)26(32-3)14-21(24)10-11-30(18)17-19-12-22-15-25(35-29(22)28(13-19)34-5)20-6-8-23(31-2)9-7-20/h6-9,12-16,18H,10-11,17H2,1-5H3. The summed E-state index contributed by atoms with van der Waals surface area (Å²) in [6.45, 7) is 4.02. The van der Waals surface area contributed by atoms with Crippen molar-refractivity contribution in [1.29, 1.82) is 0 Å². The minimum Gasteiger partial charge on any atom is -0.497 e. The summed E-state index contributed by atoms with van der Waals surface area (Å²) in [5, 5.41) is 1.03. The Morgan fingerprint density at radius 1 is 0.829 bits per heavy atom. The second kappa shape index (κ2) is 9.55. The molecule has 6 heteroatoms. The van der Waals surface area contributed by atoms with E-state index in [1.165, 1.54) is 16.7 Å². The molecule has 0 N–H and O–H groups in total. The number of furan rings is 1. The van der Waals surface area contributed by atoms with Gasteiger partial charge in [-0.15, -0.1) is 0 Å². The molecule has 6 nitrogen and oxygen atoms in total. The Balaban J connectivity index is 1.44. The lowest BCUT2D eigenvalue weighted by Gasteiger charge is -2.35. The lowest BCUT2D eigenvalue weighted by molar-refractivity contribution is 0.188. The molecular weight excluding hydrogens is 442 g/mol. The highest BCUT2D eigenvalue weighted by Crippen LogP contribution is 2.40. The Kier molecular flexibility index (Phi) is 6.31. The van der Waals surface area contributed by atoms with Gasteiger partial charge in [-0.2, -0.15) is 0 Å². The van der Waals surface area contributed by atoms with Gasteiger partial charge in [0.25, 0.3) is 0 Å². The summed E-state index contributed by atoms with van der Waals surface area (Å²) >= 11 is 0. The molecule has 2 heterocycles. The molecule has 182 valence electrons. The van der Waals surface area contributed by atoms with Crippen molar-refractivity contribution in [3.8, 4) is 34.3 Å². The topological polar surface area (TPSA) is 53.3 Å². The molecule has 1 aromatic heterocycles. The second-order valence-electron chi connectivity index (χ2n) is 8.86. The largest absolute Gasteiger partial charge is 0.497 e. The van der Waals surface area contributed by atoms with E-state index in [1.807, 2.05) is 24.3 Å². The summed E-state index contributed by atoms with van der Waals surface area (Å²) < 4.78 is 28.3. The molecule has 0 saturated heterocycles. The van der Waals surface area contributed by atoms with E-state index in [2.05, 4.69) is 42.2 Å². The molecule has 35 heavy (non-hydrogen) atoms. The smallest absolute Gasteiger partial charge is 0.176 e. The number of ether oxygens (including phenoxy) is 4. The third kappa shape index (κ3) is 4.30. The average molecular weight is 474 g/mol. The number of benzene rings is 3. The van der Waals surface area contributed by atoms with Crippen LogP contribution in [0.25, 0.3) is 22.3 Å². The van der Waals surface area contributed by atoms with Crippen LogP contribution in [0, 0.1) is 0 Å². The molecule has 1 atom stereocenters. The van der Waals surface area contributed by atoms with Crippen molar-refractivity contribution >= 4 is 11.0 Å². The van der Waals surface area contributed by atoms with Crippen LogP contribution >= 0.6 is 0 Å². The van der Waals surface area contributed by atoms with E-state index in [-0.39, 0.29) is 6.04 Å². The highest BCUT2D eigenvalue weighted by molar-refractivity contribution is 5.88. The summed E-state index contributed by atoms with van der Waals surface area (Å²) in [6, 6.07) is 18.7. The zero-order valence-electron chi connectivity index (χ0n) is 20.9. The van der Waals surface area contributed by atoms with Crippen LogP contribution in [-0.2, 0) is 13.0 Å². The Hall–Kier alpha value is -3.64. The number of fused-ring (bicyclic) bond motifs is 2. The maximum absolute atomic E-state index is 6.20. The monoisotopic (exact) mass is 473 g/mol. The minimum absolute atomic E-state index is 0.249. The average Bonchev–Trinajstić information content (AvgIpc) is 3.33. The number of hydrogen-bond donors (Lipinski definition) is 0. The number of methoxy groups -OCH3 is 4. The van der Waals surface area contributed by atoms with Crippen LogP contribution in [-0.4, -0.2) is 39.9 Å². The van der Waals surface area contributed by atoms with Gasteiger partial charge in [0.05, 0.1) is 28.4 Å². The maximum Gasteiger partial charge on any atom is 0.176 e. The molecule has 1 unspecified atom stereocenters. The van der Waals surface area contributed by atoms with Crippen molar-refractivity contribution in [2.75, 3.05) is 35.0 Å². The number of hydrogen-bond acceptors (Lipinski definition) is 6. The predicted octanol–water partition coefficient (Wildman–Crippen LogP) is 6.25. The van der Waals surface area contributed by atoms with E-state index in [9.17, 15) is 0 Å². The molecule has 0 aliphatic carbocycles. The van der Waals surface area contributed by atoms with Gasteiger partial charge in [-0.05, 0) is 84.6 Å². The molecule has 0 amide bonds. The molecule has 0 saturated carbocycles. The zero-order chi connectivity index (χ0) is 24.5. The summed E-state index contributed by atoms with van der Waals surface area (Å²) in [5.74, 6) is 3.92. The van der Waals surface area contributed by atoms with Gasteiger partial charge in [0.1, 0.15) is 11.5 Å². The van der Waals surface area contributed by atoms with Gasteiger partial charge < -0.3 is 23.4 Å². The molecule has 1 aliphatic rings. The van der Waals surface area contributed by atoms with Crippen LogP contribution in [0.5, 0.6) is 23.0 Å². The normalized spacial score (nSPS) is 15.6. The lowest BCUT2D eigenvalue weighted by Crippen LogP contribution is -2.33. The number of rotatable bonds is 7. The first-order chi connectivity index (χ1) is 17.0. The van der Waals surface area contributed by atoms with Crippen LogP contribution in [0.15, 0.2) is 59.0 Å². The van der Waals surface area contributed by atoms with Crippen molar-refractivity contribution in [2.24, 2.45) is 0 Å². The van der Waals surface area contributed by atoms with Gasteiger partial charge in [-0.3, -0.25) is 4.90 Å². The van der Waals surface area contributed by atoms with Crippen molar-refractivity contribution < 1.29 is 23.4 Å². The van der Waals surface area contributed by atoms with E-state index in [4.69, 9.17) is 23.4 Å². The summed E-state index contributed by atoms with van der Waals surface area (Å²) in [6.07, 6.45) is 0.965. The summed E-state index contributed by atoms with van der Waals surface area (Å²) in [7, 11) is 6.72. The lowest BCUT2D eigenvalue weighted by atomic mass is 9.92. The second-order valence-corrected chi connectivity index (χ2v) is 8.86. The van der Waals surface area contributed by atoms with Gasteiger partial charge in [0, 0.05) is 30.1 Å². The predicted molar refractivity (Wildman–Crippen MR) is 137 cm³/mol. The van der Waals surface area contributed by atoms with E-state index in [1.54, 1.807) is 28.4 Å². The van der Waals surface area contributed by atoms with Crippen LogP contribution in [0.4, 0.5) is 0 Å². The maximum atomic E-state index is 6.20. The summed E-state index contributed by atoms with van der Waals surface area (Å²) in [5.41, 5.74) is 5.55. The molecule has 0 bridgehead atoms. The first-order valence-corrected chi connectivity index (χ1v) is 11.8. The Morgan fingerprint density at radius 2 is 1.54 bits per heavy atom. The molecular formula is C29H31NO5. The van der Waals surface area contributed by atoms with E-state index < -0.39 is 0 Å². The first-order valence-electron chi connectivity index (χ1n) is 11.8. The Morgan fingerprint density at radius 3 is 2.23 bits per heavy atom. The van der Waals surface area contributed by atoms with Crippen molar-refractivity contribution in [2.45, 2.75) is 25.9 Å². The van der Waals surface area contributed by atoms with Gasteiger partial charge in [0.2, 0.25) is 0 Å². The third-order valence-electron chi connectivity index (χ3n) is 6.93. The molecule has 1 aliphatic heterocycles. The van der Waals surface area contributed by atoms with Crippen LogP contribution in [0.1, 0.15) is 29.7 Å². The molecule has 0 spiro atoms. The van der Waals surface area contributed by atoms with Gasteiger partial charge in [0.15, 0.2) is 22.8 Å².